The molecule has 1 aliphatic heterocycles. The third-order valence-corrected chi connectivity index (χ3v) is 4.69. The molecule has 0 saturated carbocycles. The molecule has 2 aromatic rings. The Bertz CT molecular complexity index is 705. The molecule has 1 saturated heterocycles. The van der Waals surface area contributed by atoms with Crippen molar-refractivity contribution < 1.29 is 4.74 Å². The summed E-state index contributed by atoms with van der Waals surface area (Å²) in [5.41, 5.74) is 4.56. The molecule has 0 aliphatic carbocycles. The van der Waals surface area contributed by atoms with Crippen LogP contribution >= 0.6 is 12.2 Å². The van der Waals surface area contributed by atoms with Crippen LogP contribution in [0.25, 0.3) is 5.69 Å². The van der Waals surface area contributed by atoms with Crippen LogP contribution < -0.4 is 10.6 Å². The molecule has 3 rings (SSSR count). The average molecular weight is 359 g/mol. The Kier molecular flexibility index (Phi) is 6.04. The minimum Gasteiger partial charge on any atom is -0.376 e. The summed E-state index contributed by atoms with van der Waals surface area (Å²) in [5.74, 6) is 0. The van der Waals surface area contributed by atoms with Crippen LogP contribution in [-0.2, 0) is 11.2 Å². The van der Waals surface area contributed by atoms with Crippen LogP contribution in [0.1, 0.15) is 29.8 Å². The second-order valence-electron chi connectivity index (χ2n) is 6.53. The Morgan fingerprint density at radius 1 is 1.28 bits per heavy atom. The number of ether oxygens (including phenoxy) is 1. The highest BCUT2D eigenvalue weighted by molar-refractivity contribution is 7.80. The van der Waals surface area contributed by atoms with Crippen LogP contribution in [0, 0.1) is 13.8 Å². The SMILES string of the molecule is Cc1cc(C)n(-c2ccc(CCNC(=S)NC[C@@H]3CCCO3)cc2)n1. The van der Waals surface area contributed by atoms with Gasteiger partial charge >= 0.3 is 0 Å². The summed E-state index contributed by atoms with van der Waals surface area (Å²) in [7, 11) is 0. The zero-order valence-electron chi connectivity index (χ0n) is 14.9. The standard InChI is InChI=1S/C19H26N4OS/c1-14-12-15(2)23(22-14)17-7-5-16(6-8-17)9-10-20-19(25)21-13-18-4-3-11-24-18/h5-8,12,18H,3-4,9-11,13H2,1-2H3,(H2,20,21,25)/t18-/m0/s1. The van der Waals surface area contributed by atoms with E-state index in [4.69, 9.17) is 17.0 Å². The second-order valence-corrected chi connectivity index (χ2v) is 6.94. The molecule has 2 N–H and O–H groups in total. The first-order chi connectivity index (χ1) is 12.1. The Labute approximate surface area is 154 Å². The van der Waals surface area contributed by atoms with Crippen LogP contribution in [0.4, 0.5) is 0 Å². The van der Waals surface area contributed by atoms with E-state index in [0.717, 1.165) is 56.0 Å². The van der Waals surface area contributed by atoms with E-state index in [0.29, 0.717) is 11.2 Å². The van der Waals surface area contributed by atoms with Gasteiger partial charge in [-0.25, -0.2) is 4.68 Å². The fourth-order valence-electron chi connectivity index (χ4n) is 3.09. The first-order valence-electron chi connectivity index (χ1n) is 8.88. The molecule has 5 nitrogen and oxygen atoms in total. The number of aryl methyl sites for hydroxylation is 2. The molecule has 1 aromatic carbocycles. The molecule has 0 bridgehead atoms. The zero-order valence-corrected chi connectivity index (χ0v) is 15.7. The minimum atomic E-state index is 0.307. The van der Waals surface area contributed by atoms with Crippen molar-refractivity contribution in [3.8, 4) is 5.69 Å². The molecule has 1 aliphatic rings. The van der Waals surface area contributed by atoms with E-state index in [9.17, 15) is 0 Å². The van der Waals surface area contributed by atoms with Crippen molar-refractivity contribution >= 4 is 17.3 Å². The van der Waals surface area contributed by atoms with Crippen molar-refractivity contribution in [3.05, 3.63) is 47.3 Å². The quantitative estimate of drug-likeness (QED) is 0.778. The lowest BCUT2D eigenvalue weighted by atomic mass is 10.1. The number of benzene rings is 1. The van der Waals surface area contributed by atoms with Crippen LogP contribution in [0.2, 0.25) is 0 Å². The molecular formula is C19H26N4OS. The van der Waals surface area contributed by atoms with Gasteiger partial charge in [0, 0.05) is 25.4 Å². The number of hydrogen-bond acceptors (Lipinski definition) is 3. The number of rotatable bonds is 6. The van der Waals surface area contributed by atoms with Crippen molar-refractivity contribution in [3.63, 3.8) is 0 Å². The van der Waals surface area contributed by atoms with Gasteiger partial charge in [-0.3, -0.25) is 0 Å². The number of thiocarbonyl (C=S) groups is 1. The van der Waals surface area contributed by atoms with Gasteiger partial charge in [0.05, 0.1) is 17.5 Å². The van der Waals surface area contributed by atoms with Gasteiger partial charge in [0.2, 0.25) is 0 Å². The van der Waals surface area contributed by atoms with Crippen LogP contribution in [-0.4, -0.2) is 40.7 Å². The smallest absolute Gasteiger partial charge is 0.166 e. The van der Waals surface area contributed by atoms with Gasteiger partial charge in [-0.05, 0) is 69.1 Å². The first-order valence-corrected chi connectivity index (χ1v) is 9.28. The van der Waals surface area contributed by atoms with E-state index in [-0.39, 0.29) is 0 Å². The third-order valence-electron chi connectivity index (χ3n) is 4.40. The maximum absolute atomic E-state index is 5.58. The Morgan fingerprint density at radius 3 is 2.72 bits per heavy atom. The average Bonchev–Trinajstić information content (AvgIpc) is 3.23. The molecule has 0 unspecified atom stereocenters. The maximum Gasteiger partial charge on any atom is 0.166 e. The first kappa shape index (κ1) is 17.9. The molecule has 1 fully saturated rings. The van der Waals surface area contributed by atoms with Gasteiger partial charge in [-0.1, -0.05) is 12.1 Å². The number of nitrogens with one attached hydrogen (secondary N) is 2. The zero-order chi connectivity index (χ0) is 17.6. The summed E-state index contributed by atoms with van der Waals surface area (Å²) in [4.78, 5) is 0. The lowest BCUT2D eigenvalue weighted by Gasteiger charge is -2.14. The second kappa shape index (κ2) is 8.45. The van der Waals surface area contributed by atoms with Gasteiger partial charge in [-0.2, -0.15) is 5.10 Å². The molecule has 134 valence electrons. The summed E-state index contributed by atoms with van der Waals surface area (Å²) in [5, 5.41) is 11.7. The topological polar surface area (TPSA) is 51.1 Å². The Hall–Kier alpha value is -1.92. The summed E-state index contributed by atoms with van der Waals surface area (Å²) >= 11 is 5.32. The Balaban J connectivity index is 1.42. The number of nitrogens with zero attached hydrogens (tertiary/aromatic N) is 2. The maximum atomic E-state index is 5.58. The largest absolute Gasteiger partial charge is 0.376 e. The highest BCUT2D eigenvalue weighted by atomic mass is 32.1. The van der Waals surface area contributed by atoms with Gasteiger partial charge in [0.25, 0.3) is 0 Å². The van der Waals surface area contributed by atoms with E-state index in [2.05, 4.69) is 53.0 Å². The highest BCUT2D eigenvalue weighted by Gasteiger charge is 2.15. The van der Waals surface area contributed by atoms with Gasteiger partial charge in [0.15, 0.2) is 5.11 Å². The van der Waals surface area contributed by atoms with Crippen molar-refractivity contribution in [1.29, 1.82) is 0 Å². The lowest BCUT2D eigenvalue weighted by molar-refractivity contribution is 0.114. The predicted molar refractivity (Wildman–Crippen MR) is 104 cm³/mol. The molecule has 1 aromatic heterocycles. The van der Waals surface area contributed by atoms with Crippen LogP contribution in [0.15, 0.2) is 30.3 Å². The van der Waals surface area contributed by atoms with E-state index < -0.39 is 0 Å². The van der Waals surface area contributed by atoms with Crippen molar-refractivity contribution in [2.75, 3.05) is 19.7 Å². The van der Waals surface area contributed by atoms with Gasteiger partial charge < -0.3 is 15.4 Å². The fourth-order valence-corrected chi connectivity index (χ4v) is 3.27. The number of hydrogen-bond donors (Lipinski definition) is 2. The molecule has 2 heterocycles. The van der Waals surface area contributed by atoms with Crippen LogP contribution in [0.5, 0.6) is 0 Å². The van der Waals surface area contributed by atoms with Gasteiger partial charge in [0.1, 0.15) is 0 Å². The molecule has 0 spiro atoms. The molecule has 0 radical (unpaired) electrons. The van der Waals surface area contributed by atoms with E-state index in [1.54, 1.807) is 0 Å². The van der Waals surface area contributed by atoms with Crippen molar-refractivity contribution in [2.24, 2.45) is 0 Å². The normalized spacial score (nSPS) is 16.8. The van der Waals surface area contributed by atoms with E-state index >= 15 is 0 Å². The summed E-state index contributed by atoms with van der Waals surface area (Å²) < 4.78 is 7.55. The monoisotopic (exact) mass is 358 g/mol. The summed E-state index contributed by atoms with van der Waals surface area (Å²) in [6.45, 7) is 6.57. The molecular weight excluding hydrogens is 332 g/mol. The summed E-state index contributed by atoms with van der Waals surface area (Å²) in [6.07, 6.45) is 3.51. The molecule has 6 heteroatoms. The van der Waals surface area contributed by atoms with Crippen LogP contribution in [0.3, 0.4) is 0 Å². The number of aromatic nitrogens is 2. The highest BCUT2D eigenvalue weighted by Crippen LogP contribution is 2.13. The van der Waals surface area contributed by atoms with Crippen molar-refractivity contribution in [1.82, 2.24) is 20.4 Å². The Morgan fingerprint density at radius 2 is 2.08 bits per heavy atom. The fraction of sp³-hybridized carbons (Fsp3) is 0.474. The van der Waals surface area contributed by atoms with E-state index in [1.165, 1.54) is 5.56 Å². The predicted octanol–water partition coefficient (Wildman–Crippen LogP) is 2.67. The minimum absolute atomic E-state index is 0.307. The summed E-state index contributed by atoms with van der Waals surface area (Å²) in [6, 6.07) is 10.6. The third kappa shape index (κ3) is 5.03. The molecule has 1 atom stereocenters. The van der Waals surface area contributed by atoms with Crippen molar-refractivity contribution in [2.45, 2.75) is 39.2 Å². The molecule has 25 heavy (non-hydrogen) atoms. The molecule has 0 amide bonds. The lowest BCUT2D eigenvalue weighted by Crippen LogP contribution is -2.40. The van der Waals surface area contributed by atoms with E-state index in [1.807, 2.05) is 11.6 Å². The van der Waals surface area contributed by atoms with Gasteiger partial charge in [-0.15, -0.1) is 0 Å².